The van der Waals surface area contributed by atoms with Crippen LogP contribution in [0.3, 0.4) is 0 Å². The lowest BCUT2D eigenvalue weighted by atomic mass is 9.96. The molecule has 3 rings (SSSR count). The van der Waals surface area contributed by atoms with Gasteiger partial charge in [-0.15, -0.1) is 0 Å². The van der Waals surface area contributed by atoms with Gasteiger partial charge in [-0.3, -0.25) is 9.59 Å². The SMILES string of the molecule is CCS(=O)(=O)c1ccc(O)c(NC(=O)C2CCCN(C(=O)Cc3ccccc3)C2)c1. The number of carbonyl (C=O) groups excluding carboxylic acids is 2. The molecule has 2 aromatic rings. The van der Waals surface area contributed by atoms with Crippen molar-refractivity contribution in [3.8, 4) is 5.75 Å². The van der Waals surface area contributed by atoms with Gasteiger partial charge in [-0.1, -0.05) is 37.3 Å². The Morgan fingerprint density at radius 3 is 2.60 bits per heavy atom. The number of amides is 2. The predicted octanol–water partition coefficient (Wildman–Crippen LogP) is 2.61. The molecule has 1 fully saturated rings. The van der Waals surface area contributed by atoms with E-state index in [1.807, 2.05) is 30.3 Å². The number of anilines is 1. The van der Waals surface area contributed by atoms with Crippen molar-refractivity contribution in [1.29, 1.82) is 0 Å². The fourth-order valence-corrected chi connectivity index (χ4v) is 4.42. The summed E-state index contributed by atoms with van der Waals surface area (Å²) in [6.45, 7) is 2.43. The van der Waals surface area contributed by atoms with Crippen LogP contribution in [-0.4, -0.2) is 49.1 Å². The number of carbonyl (C=O) groups is 2. The van der Waals surface area contributed by atoms with E-state index in [0.29, 0.717) is 25.9 Å². The van der Waals surface area contributed by atoms with E-state index in [0.717, 1.165) is 5.56 Å². The molecular formula is C22H26N2O5S. The molecule has 2 aromatic carbocycles. The summed E-state index contributed by atoms with van der Waals surface area (Å²) in [4.78, 5) is 27.1. The highest BCUT2D eigenvalue weighted by Crippen LogP contribution is 2.28. The Balaban J connectivity index is 1.67. The van der Waals surface area contributed by atoms with E-state index >= 15 is 0 Å². The van der Waals surface area contributed by atoms with Crippen molar-refractivity contribution in [1.82, 2.24) is 4.90 Å². The van der Waals surface area contributed by atoms with E-state index in [9.17, 15) is 23.1 Å². The number of likely N-dealkylation sites (tertiary alicyclic amines) is 1. The first-order chi connectivity index (χ1) is 14.3. The number of hydrogen-bond acceptors (Lipinski definition) is 5. The summed E-state index contributed by atoms with van der Waals surface area (Å²) in [5.41, 5.74) is 0.982. The molecule has 0 spiro atoms. The maximum absolute atomic E-state index is 12.8. The molecule has 1 aliphatic rings. The number of nitrogens with zero attached hydrogens (tertiary/aromatic N) is 1. The monoisotopic (exact) mass is 430 g/mol. The Morgan fingerprint density at radius 1 is 1.17 bits per heavy atom. The number of aromatic hydroxyl groups is 1. The van der Waals surface area contributed by atoms with Gasteiger partial charge in [-0.05, 0) is 36.6 Å². The molecule has 1 saturated heterocycles. The van der Waals surface area contributed by atoms with Gasteiger partial charge in [-0.25, -0.2) is 8.42 Å². The average molecular weight is 431 g/mol. The zero-order chi connectivity index (χ0) is 21.7. The fourth-order valence-electron chi connectivity index (χ4n) is 3.51. The number of nitrogens with one attached hydrogen (secondary N) is 1. The van der Waals surface area contributed by atoms with Gasteiger partial charge in [0.2, 0.25) is 11.8 Å². The minimum absolute atomic E-state index is 0.0300. The maximum Gasteiger partial charge on any atom is 0.229 e. The van der Waals surface area contributed by atoms with Gasteiger partial charge in [0, 0.05) is 13.1 Å². The quantitative estimate of drug-likeness (QED) is 0.686. The van der Waals surface area contributed by atoms with Gasteiger partial charge in [0.25, 0.3) is 0 Å². The summed E-state index contributed by atoms with van der Waals surface area (Å²) in [6, 6.07) is 13.3. The number of hydrogen-bond donors (Lipinski definition) is 2. The Hall–Kier alpha value is -2.87. The minimum Gasteiger partial charge on any atom is -0.506 e. The van der Waals surface area contributed by atoms with Crippen LogP contribution in [-0.2, 0) is 25.8 Å². The van der Waals surface area contributed by atoms with Gasteiger partial charge < -0.3 is 15.3 Å². The van der Waals surface area contributed by atoms with E-state index in [1.165, 1.54) is 25.1 Å². The van der Waals surface area contributed by atoms with E-state index in [1.54, 1.807) is 4.90 Å². The second kappa shape index (κ2) is 9.30. The van der Waals surface area contributed by atoms with Crippen LogP contribution >= 0.6 is 0 Å². The summed E-state index contributed by atoms with van der Waals surface area (Å²) >= 11 is 0. The van der Waals surface area contributed by atoms with Gasteiger partial charge in [-0.2, -0.15) is 0 Å². The van der Waals surface area contributed by atoms with Crippen molar-refractivity contribution < 1.29 is 23.1 Å². The Labute approximate surface area is 176 Å². The topological polar surface area (TPSA) is 104 Å². The summed E-state index contributed by atoms with van der Waals surface area (Å²) in [5.74, 6) is -1.08. The Morgan fingerprint density at radius 2 is 1.90 bits per heavy atom. The molecule has 1 aliphatic heterocycles. The van der Waals surface area contributed by atoms with Crippen LogP contribution in [0.4, 0.5) is 5.69 Å². The molecule has 2 N–H and O–H groups in total. The van der Waals surface area contributed by atoms with Crippen LogP contribution in [0.15, 0.2) is 53.4 Å². The van der Waals surface area contributed by atoms with Crippen molar-refractivity contribution in [3.05, 3.63) is 54.1 Å². The number of phenolic OH excluding ortho intramolecular Hbond substituents is 1. The number of sulfone groups is 1. The van der Waals surface area contributed by atoms with Crippen LogP contribution in [0.1, 0.15) is 25.3 Å². The molecule has 0 aromatic heterocycles. The van der Waals surface area contributed by atoms with Gasteiger partial charge >= 0.3 is 0 Å². The highest BCUT2D eigenvalue weighted by Gasteiger charge is 2.29. The van der Waals surface area contributed by atoms with E-state index in [-0.39, 0.29) is 40.3 Å². The van der Waals surface area contributed by atoms with E-state index in [4.69, 9.17) is 0 Å². The first-order valence-electron chi connectivity index (χ1n) is 9.98. The summed E-state index contributed by atoms with van der Waals surface area (Å²) in [6.07, 6.45) is 1.61. The van der Waals surface area contributed by atoms with Gasteiger partial charge in [0.15, 0.2) is 9.84 Å². The molecule has 160 valence electrons. The third-order valence-electron chi connectivity index (χ3n) is 5.31. The van der Waals surface area contributed by atoms with Crippen LogP contribution in [0.5, 0.6) is 5.75 Å². The fraction of sp³-hybridized carbons (Fsp3) is 0.364. The number of piperidine rings is 1. The molecule has 1 atom stereocenters. The van der Waals surface area contributed by atoms with Crippen molar-refractivity contribution >= 4 is 27.3 Å². The molecule has 8 heteroatoms. The Bertz CT molecular complexity index is 1020. The number of phenols is 1. The smallest absolute Gasteiger partial charge is 0.229 e. The molecule has 0 saturated carbocycles. The number of rotatable bonds is 6. The largest absolute Gasteiger partial charge is 0.506 e. The van der Waals surface area contributed by atoms with Gasteiger partial charge in [0.1, 0.15) is 5.75 Å². The average Bonchev–Trinajstić information content (AvgIpc) is 2.76. The first kappa shape index (κ1) is 21.8. The molecule has 2 amide bonds. The molecule has 0 aliphatic carbocycles. The zero-order valence-corrected chi connectivity index (χ0v) is 17.7. The third kappa shape index (κ3) is 5.18. The molecule has 30 heavy (non-hydrogen) atoms. The van der Waals surface area contributed by atoms with Crippen molar-refractivity contribution in [3.63, 3.8) is 0 Å². The lowest BCUT2D eigenvalue weighted by Gasteiger charge is -2.32. The highest BCUT2D eigenvalue weighted by atomic mass is 32.2. The second-order valence-corrected chi connectivity index (χ2v) is 9.69. The van der Waals surface area contributed by atoms with Crippen LogP contribution in [0.2, 0.25) is 0 Å². The lowest BCUT2D eigenvalue weighted by molar-refractivity contribution is -0.133. The lowest BCUT2D eigenvalue weighted by Crippen LogP contribution is -2.44. The number of benzene rings is 2. The van der Waals surface area contributed by atoms with Gasteiger partial charge in [0.05, 0.1) is 28.7 Å². The zero-order valence-electron chi connectivity index (χ0n) is 16.9. The maximum atomic E-state index is 12.8. The molecule has 1 unspecified atom stereocenters. The predicted molar refractivity (Wildman–Crippen MR) is 114 cm³/mol. The summed E-state index contributed by atoms with van der Waals surface area (Å²) in [7, 11) is -3.46. The molecule has 0 bridgehead atoms. The van der Waals surface area contributed by atoms with Crippen LogP contribution in [0.25, 0.3) is 0 Å². The Kier molecular flexibility index (Phi) is 6.77. The van der Waals surface area contributed by atoms with Crippen molar-refractivity contribution in [2.45, 2.75) is 31.1 Å². The molecule has 1 heterocycles. The molecular weight excluding hydrogens is 404 g/mol. The standard InChI is InChI=1S/C22H26N2O5S/c1-2-30(28,29)18-10-11-20(25)19(14-18)23-22(27)17-9-6-12-24(15-17)21(26)13-16-7-4-3-5-8-16/h3-5,7-8,10-11,14,17,25H,2,6,9,12-13,15H2,1H3,(H,23,27). The summed E-state index contributed by atoms with van der Waals surface area (Å²) in [5, 5.41) is 12.7. The summed E-state index contributed by atoms with van der Waals surface area (Å²) < 4.78 is 24.2. The van der Waals surface area contributed by atoms with Crippen LogP contribution < -0.4 is 5.32 Å². The molecule has 0 radical (unpaired) electrons. The van der Waals surface area contributed by atoms with E-state index < -0.39 is 15.8 Å². The third-order valence-corrected chi connectivity index (χ3v) is 7.04. The van der Waals surface area contributed by atoms with Crippen LogP contribution in [0, 0.1) is 5.92 Å². The van der Waals surface area contributed by atoms with E-state index in [2.05, 4.69) is 5.32 Å². The molecule has 7 nitrogen and oxygen atoms in total. The normalized spacial score (nSPS) is 16.8. The first-order valence-corrected chi connectivity index (χ1v) is 11.6. The second-order valence-electron chi connectivity index (χ2n) is 7.41. The van der Waals surface area contributed by atoms with Crippen molar-refractivity contribution in [2.75, 3.05) is 24.2 Å². The highest BCUT2D eigenvalue weighted by molar-refractivity contribution is 7.91. The van der Waals surface area contributed by atoms with Crippen molar-refractivity contribution in [2.24, 2.45) is 5.92 Å². The minimum atomic E-state index is -3.46.